The summed E-state index contributed by atoms with van der Waals surface area (Å²) in [5.41, 5.74) is 5.53. The number of hydrogen-bond acceptors (Lipinski definition) is 8. The number of benzene rings is 2. The third kappa shape index (κ3) is 13.4. The smallest absolute Gasteiger partial charge is 0.408 e. The van der Waals surface area contributed by atoms with E-state index in [0.29, 0.717) is 30.8 Å². The van der Waals surface area contributed by atoms with Crippen molar-refractivity contribution in [2.45, 2.75) is 105 Å². The van der Waals surface area contributed by atoms with Crippen molar-refractivity contribution in [1.82, 2.24) is 10.2 Å². The van der Waals surface area contributed by atoms with E-state index in [-0.39, 0.29) is 49.5 Å². The monoisotopic (exact) mass is 641 g/mol. The molecule has 0 aromatic heterocycles. The molecule has 2 rings (SSSR count). The van der Waals surface area contributed by atoms with E-state index in [0.717, 1.165) is 5.56 Å². The first-order valence-corrected chi connectivity index (χ1v) is 15.8. The number of aromatic hydroxyl groups is 1. The molecule has 3 amide bonds. The summed E-state index contributed by atoms with van der Waals surface area (Å²) in [6, 6.07) is 11.9. The van der Waals surface area contributed by atoms with Crippen molar-refractivity contribution in [1.29, 1.82) is 0 Å². The van der Waals surface area contributed by atoms with Crippen LogP contribution in [-0.2, 0) is 37.0 Å². The van der Waals surface area contributed by atoms with Crippen LogP contribution < -0.4 is 15.8 Å². The fraction of sp³-hybridized carbons (Fsp3) is 0.543. The number of amides is 3. The van der Waals surface area contributed by atoms with E-state index in [1.54, 1.807) is 32.9 Å². The van der Waals surface area contributed by atoms with Crippen LogP contribution >= 0.6 is 0 Å². The first-order chi connectivity index (χ1) is 21.6. The SMILES string of the molecule is CC(C)C[C@H](NC(=O)OCc1ccccc1)C(=O)N(Cc1ccc(OCCCCC(N)=O)cc1O)[C@H](C(=O)OC(C)(C)C)C(C)C. The van der Waals surface area contributed by atoms with E-state index in [4.69, 9.17) is 19.9 Å². The van der Waals surface area contributed by atoms with Crippen molar-refractivity contribution >= 4 is 23.9 Å². The normalized spacial score (nSPS) is 12.7. The lowest BCUT2D eigenvalue weighted by molar-refractivity contribution is -0.168. The molecule has 4 N–H and O–H groups in total. The van der Waals surface area contributed by atoms with Gasteiger partial charge < -0.3 is 35.3 Å². The van der Waals surface area contributed by atoms with E-state index < -0.39 is 35.7 Å². The number of rotatable bonds is 17. The molecule has 46 heavy (non-hydrogen) atoms. The van der Waals surface area contributed by atoms with Gasteiger partial charge in [0.25, 0.3) is 0 Å². The van der Waals surface area contributed by atoms with E-state index in [2.05, 4.69) is 5.32 Å². The third-order valence-electron chi connectivity index (χ3n) is 6.89. The Balaban J connectivity index is 2.37. The molecule has 0 spiro atoms. The lowest BCUT2D eigenvalue weighted by atomic mass is 9.97. The second kappa shape index (κ2) is 18.0. The molecular formula is C35H51N3O8. The molecule has 0 aliphatic carbocycles. The summed E-state index contributed by atoms with van der Waals surface area (Å²) in [6.07, 6.45) is 0.981. The largest absolute Gasteiger partial charge is 0.507 e. The lowest BCUT2D eigenvalue weighted by Gasteiger charge is -2.37. The fourth-order valence-electron chi connectivity index (χ4n) is 4.78. The highest BCUT2D eigenvalue weighted by molar-refractivity contribution is 5.90. The van der Waals surface area contributed by atoms with Crippen LogP contribution in [0.2, 0.25) is 0 Å². The second-order valence-electron chi connectivity index (χ2n) is 13.1. The number of phenolic OH excluding ortho intramolecular Hbond substituents is 1. The molecule has 0 saturated carbocycles. The molecule has 0 saturated heterocycles. The predicted molar refractivity (Wildman–Crippen MR) is 175 cm³/mol. The zero-order valence-corrected chi connectivity index (χ0v) is 28.2. The topological polar surface area (TPSA) is 157 Å². The number of alkyl carbamates (subject to hydrolysis) is 1. The minimum atomic E-state index is -1.02. The summed E-state index contributed by atoms with van der Waals surface area (Å²) in [6.45, 7) is 12.9. The van der Waals surface area contributed by atoms with E-state index in [9.17, 15) is 24.3 Å². The number of nitrogens with two attached hydrogens (primary N) is 1. The van der Waals surface area contributed by atoms with E-state index in [1.807, 2.05) is 58.0 Å². The standard InChI is InChI=1S/C35H51N3O8/c1-23(2)19-28(37-34(43)45-22-25-13-9-8-10-14-25)32(41)38(31(24(3)4)33(42)46-35(5,6)7)21-26-16-17-27(20-29(26)39)44-18-12-11-15-30(36)40/h8-10,13-14,16-17,20,23-24,28,31,39H,11-12,15,18-19,21-22H2,1-7H3,(H2,36,40)(H,37,43)/t28-,31-/m0/s1. The zero-order chi connectivity index (χ0) is 34.4. The zero-order valence-electron chi connectivity index (χ0n) is 28.2. The van der Waals surface area contributed by atoms with Gasteiger partial charge in [-0.05, 0) is 69.6 Å². The number of unbranched alkanes of at least 4 members (excludes halogenated alkanes) is 1. The summed E-state index contributed by atoms with van der Waals surface area (Å²) in [4.78, 5) is 53.1. The second-order valence-corrected chi connectivity index (χ2v) is 13.1. The summed E-state index contributed by atoms with van der Waals surface area (Å²) in [5, 5.41) is 13.7. The maximum atomic E-state index is 14.3. The Hall–Kier alpha value is -4.28. The Kier molecular flexibility index (Phi) is 14.8. The highest BCUT2D eigenvalue weighted by Crippen LogP contribution is 2.28. The van der Waals surface area contributed by atoms with Gasteiger partial charge in [-0.25, -0.2) is 9.59 Å². The number of esters is 1. The molecule has 11 nitrogen and oxygen atoms in total. The predicted octanol–water partition coefficient (Wildman–Crippen LogP) is 5.46. The molecule has 254 valence electrons. The van der Waals surface area contributed by atoms with Crippen molar-refractivity contribution in [3.63, 3.8) is 0 Å². The number of ether oxygens (including phenoxy) is 3. The molecule has 0 radical (unpaired) electrons. The molecule has 0 aliphatic heterocycles. The van der Waals surface area contributed by atoms with Gasteiger partial charge in [0.2, 0.25) is 11.8 Å². The number of carbonyl (C=O) groups is 4. The third-order valence-corrected chi connectivity index (χ3v) is 6.89. The van der Waals surface area contributed by atoms with Crippen LogP contribution in [0.3, 0.4) is 0 Å². The summed E-state index contributed by atoms with van der Waals surface area (Å²) >= 11 is 0. The number of phenols is 1. The van der Waals surface area contributed by atoms with Gasteiger partial charge in [0.1, 0.15) is 35.8 Å². The Morgan fingerprint density at radius 1 is 0.978 bits per heavy atom. The Morgan fingerprint density at radius 3 is 2.22 bits per heavy atom. The summed E-state index contributed by atoms with van der Waals surface area (Å²) in [7, 11) is 0. The average molecular weight is 642 g/mol. The molecule has 2 aromatic carbocycles. The minimum Gasteiger partial charge on any atom is -0.507 e. The number of hydrogen-bond donors (Lipinski definition) is 3. The van der Waals surface area contributed by atoms with Crippen LogP contribution in [0.4, 0.5) is 4.79 Å². The highest BCUT2D eigenvalue weighted by atomic mass is 16.6. The maximum absolute atomic E-state index is 14.3. The molecule has 11 heteroatoms. The van der Waals surface area contributed by atoms with Gasteiger partial charge >= 0.3 is 12.1 Å². The Bertz CT molecular complexity index is 1290. The Labute approximate surface area is 272 Å². The molecular weight excluding hydrogens is 590 g/mol. The number of nitrogens with zero attached hydrogens (tertiary/aromatic N) is 1. The van der Waals surface area contributed by atoms with Gasteiger partial charge in [0.05, 0.1) is 13.2 Å². The quantitative estimate of drug-likeness (QED) is 0.152. The van der Waals surface area contributed by atoms with Gasteiger partial charge in [0, 0.05) is 18.1 Å². The lowest BCUT2D eigenvalue weighted by Crippen LogP contribution is -2.56. The maximum Gasteiger partial charge on any atom is 0.408 e. The van der Waals surface area contributed by atoms with Crippen molar-refractivity contribution < 1.29 is 38.5 Å². The molecule has 0 fully saturated rings. The van der Waals surface area contributed by atoms with Crippen molar-refractivity contribution in [2.24, 2.45) is 17.6 Å². The average Bonchev–Trinajstić information content (AvgIpc) is 2.95. The number of primary amides is 1. The van der Waals surface area contributed by atoms with Crippen molar-refractivity contribution in [3.8, 4) is 11.5 Å². The van der Waals surface area contributed by atoms with Crippen LogP contribution in [0.15, 0.2) is 48.5 Å². The highest BCUT2D eigenvalue weighted by Gasteiger charge is 2.39. The van der Waals surface area contributed by atoms with E-state index >= 15 is 0 Å². The van der Waals surface area contributed by atoms with Gasteiger partial charge in [-0.15, -0.1) is 0 Å². The van der Waals surface area contributed by atoms with Crippen LogP contribution in [0.5, 0.6) is 11.5 Å². The molecule has 2 atom stereocenters. The van der Waals surface area contributed by atoms with Crippen LogP contribution in [0.1, 0.15) is 85.3 Å². The summed E-state index contributed by atoms with van der Waals surface area (Å²) < 4.78 is 16.9. The first-order valence-electron chi connectivity index (χ1n) is 15.8. The Morgan fingerprint density at radius 2 is 1.65 bits per heavy atom. The fourth-order valence-corrected chi connectivity index (χ4v) is 4.78. The van der Waals surface area contributed by atoms with Crippen LogP contribution in [0.25, 0.3) is 0 Å². The number of carbonyl (C=O) groups excluding carboxylic acids is 4. The van der Waals surface area contributed by atoms with Crippen molar-refractivity contribution in [3.05, 3.63) is 59.7 Å². The van der Waals surface area contributed by atoms with Crippen LogP contribution in [-0.4, -0.2) is 58.2 Å². The first kappa shape index (κ1) is 37.9. The molecule has 2 aromatic rings. The van der Waals surface area contributed by atoms with Gasteiger partial charge in [-0.2, -0.15) is 0 Å². The minimum absolute atomic E-state index is 0.0112. The van der Waals surface area contributed by atoms with Gasteiger partial charge in [-0.3, -0.25) is 9.59 Å². The van der Waals surface area contributed by atoms with Crippen LogP contribution in [0, 0.1) is 11.8 Å². The molecule has 0 heterocycles. The summed E-state index contributed by atoms with van der Waals surface area (Å²) in [5.74, 6) is -1.56. The van der Waals surface area contributed by atoms with Gasteiger partial charge in [0.15, 0.2) is 0 Å². The van der Waals surface area contributed by atoms with E-state index in [1.165, 1.54) is 11.0 Å². The van der Waals surface area contributed by atoms with Crippen molar-refractivity contribution in [2.75, 3.05) is 6.61 Å². The molecule has 0 bridgehead atoms. The number of nitrogens with one attached hydrogen (secondary N) is 1. The molecule has 0 unspecified atom stereocenters. The van der Waals surface area contributed by atoms with Gasteiger partial charge in [-0.1, -0.05) is 58.0 Å². The molecule has 0 aliphatic rings.